The lowest BCUT2D eigenvalue weighted by atomic mass is 10.1. The minimum absolute atomic E-state index is 0.0819. The Morgan fingerprint density at radius 3 is 2.10 bits per heavy atom. The number of carbonyl (C=O) groups is 2. The van der Waals surface area contributed by atoms with Gasteiger partial charge in [0.1, 0.15) is 0 Å². The molecule has 0 saturated carbocycles. The summed E-state index contributed by atoms with van der Waals surface area (Å²) in [7, 11) is 4.35. The van der Waals surface area contributed by atoms with Gasteiger partial charge in [-0.1, -0.05) is 23.7 Å². The molecule has 3 N–H and O–H groups in total. The van der Waals surface area contributed by atoms with Crippen LogP contribution in [0, 0.1) is 0 Å². The van der Waals surface area contributed by atoms with Gasteiger partial charge in [0.2, 0.25) is 11.7 Å². The molecule has 8 nitrogen and oxygen atoms in total. The molecule has 0 radical (unpaired) electrons. The Hall–Kier alpha value is -3.30. The van der Waals surface area contributed by atoms with Gasteiger partial charge in [-0.3, -0.25) is 25.8 Å². The molecule has 0 aliphatic rings. The van der Waals surface area contributed by atoms with Crippen LogP contribution in [0.5, 0.6) is 17.2 Å². The molecule has 0 fully saturated rings. The normalized spacial score (nSPS) is 10.3. The number of rotatable bonds is 6. The lowest BCUT2D eigenvalue weighted by Crippen LogP contribution is -2.48. The number of amides is 2. The average Bonchev–Trinajstić information content (AvgIpc) is 2.75. The van der Waals surface area contributed by atoms with E-state index in [4.69, 9.17) is 38.0 Å². The van der Waals surface area contributed by atoms with E-state index in [9.17, 15) is 9.59 Å². The van der Waals surface area contributed by atoms with Crippen LogP contribution < -0.4 is 30.4 Å². The Morgan fingerprint density at radius 1 is 0.967 bits per heavy atom. The van der Waals surface area contributed by atoms with Crippen molar-refractivity contribution in [2.24, 2.45) is 0 Å². The van der Waals surface area contributed by atoms with Gasteiger partial charge in [-0.05, 0) is 48.1 Å². The maximum atomic E-state index is 12.4. The highest BCUT2D eigenvalue weighted by Gasteiger charge is 2.17. The van der Waals surface area contributed by atoms with E-state index in [1.165, 1.54) is 39.5 Å². The number of nitrogens with one attached hydrogen (secondary N) is 3. The van der Waals surface area contributed by atoms with Gasteiger partial charge in [-0.15, -0.1) is 0 Å². The number of carbonyl (C=O) groups excluding carboxylic acids is 2. The molecule has 0 aliphatic carbocycles. The maximum Gasteiger partial charge on any atom is 0.269 e. The number of halogens is 1. The molecule has 0 aliphatic heterocycles. The zero-order valence-electron chi connectivity index (χ0n) is 16.4. The molecule has 0 saturated heterocycles. The lowest BCUT2D eigenvalue weighted by molar-refractivity contribution is -0.115. The van der Waals surface area contributed by atoms with E-state index in [2.05, 4.69) is 16.2 Å². The third-order valence-electron chi connectivity index (χ3n) is 3.75. The molecule has 0 bridgehead atoms. The largest absolute Gasteiger partial charge is 0.493 e. The van der Waals surface area contributed by atoms with E-state index in [0.717, 1.165) is 5.56 Å². The summed E-state index contributed by atoms with van der Waals surface area (Å²) in [5.74, 6) is 0.0160. The number of hydrogen-bond acceptors (Lipinski definition) is 6. The van der Waals surface area contributed by atoms with Crippen molar-refractivity contribution in [3.05, 3.63) is 58.6 Å². The van der Waals surface area contributed by atoms with Gasteiger partial charge in [0.25, 0.3) is 5.91 Å². The number of ether oxygens (including phenoxy) is 3. The fourth-order valence-corrected chi connectivity index (χ4v) is 2.61. The van der Waals surface area contributed by atoms with Crippen molar-refractivity contribution in [2.45, 2.75) is 0 Å². The second-order valence-electron chi connectivity index (χ2n) is 5.70. The van der Waals surface area contributed by atoms with Gasteiger partial charge in [-0.25, -0.2) is 0 Å². The minimum atomic E-state index is -0.525. The molecule has 30 heavy (non-hydrogen) atoms. The lowest BCUT2D eigenvalue weighted by Gasteiger charge is -2.14. The van der Waals surface area contributed by atoms with Crippen molar-refractivity contribution >= 4 is 46.8 Å². The van der Waals surface area contributed by atoms with Crippen LogP contribution in [0.15, 0.2) is 42.5 Å². The van der Waals surface area contributed by atoms with E-state index >= 15 is 0 Å². The third kappa shape index (κ3) is 6.36. The van der Waals surface area contributed by atoms with Crippen LogP contribution in [0.4, 0.5) is 0 Å². The SMILES string of the molecule is COc1cc(C(=O)NNC(=S)NC(=O)C=Cc2ccc(Cl)cc2)cc(OC)c1OC. The number of hydrazine groups is 1. The predicted molar refractivity (Wildman–Crippen MR) is 118 cm³/mol. The van der Waals surface area contributed by atoms with Crippen LogP contribution in [0.25, 0.3) is 6.08 Å². The van der Waals surface area contributed by atoms with Crippen LogP contribution in [-0.2, 0) is 4.79 Å². The molecular weight excluding hydrogens is 430 g/mol. The van der Waals surface area contributed by atoms with Crippen molar-refractivity contribution < 1.29 is 23.8 Å². The zero-order chi connectivity index (χ0) is 22.1. The van der Waals surface area contributed by atoms with E-state index in [1.54, 1.807) is 30.3 Å². The van der Waals surface area contributed by atoms with Crippen molar-refractivity contribution in [2.75, 3.05) is 21.3 Å². The van der Waals surface area contributed by atoms with Gasteiger partial charge in [0.15, 0.2) is 16.6 Å². The first-order chi connectivity index (χ1) is 14.4. The summed E-state index contributed by atoms with van der Waals surface area (Å²) < 4.78 is 15.6. The Balaban J connectivity index is 1.93. The van der Waals surface area contributed by atoms with Gasteiger partial charge in [0, 0.05) is 16.7 Å². The van der Waals surface area contributed by atoms with Crippen molar-refractivity contribution in [3.8, 4) is 17.2 Å². The minimum Gasteiger partial charge on any atom is -0.493 e. The Labute approximate surface area is 184 Å². The van der Waals surface area contributed by atoms with Crippen molar-refractivity contribution in [1.82, 2.24) is 16.2 Å². The molecule has 0 spiro atoms. The summed E-state index contributed by atoms with van der Waals surface area (Å²) in [6.07, 6.45) is 2.90. The van der Waals surface area contributed by atoms with E-state index in [-0.39, 0.29) is 10.7 Å². The summed E-state index contributed by atoms with van der Waals surface area (Å²) in [5, 5.41) is 2.94. The summed E-state index contributed by atoms with van der Waals surface area (Å²) in [6.45, 7) is 0. The maximum absolute atomic E-state index is 12.4. The highest BCUT2D eigenvalue weighted by atomic mass is 35.5. The van der Waals surface area contributed by atoms with E-state index < -0.39 is 11.8 Å². The second kappa shape index (κ2) is 11.0. The molecule has 158 valence electrons. The first kappa shape index (κ1) is 23.0. The van der Waals surface area contributed by atoms with Crippen molar-refractivity contribution in [3.63, 3.8) is 0 Å². The first-order valence-electron chi connectivity index (χ1n) is 8.53. The van der Waals surface area contributed by atoms with Crippen LogP contribution in [0.2, 0.25) is 5.02 Å². The molecule has 2 amide bonds. The van der Waals surface area contributed by atoms with Crippen molar-refractivity contribution in [1.29, 1.82) is 0 Å². The number of thiocarbonyl (C=S) groups is 1. The zero-order valence-corrected chi connectivity index (χ0v) is 18.0. The summed E-state index contributed by atoms with van der Waals surface area (Å²) in [4.78, 5) is 24.3. The summed E-state index contributed by atoms with van der Waals surface area (Å²) >= 11 is 10.8. The van der Waals surface area contributed by atoms with Gasteiger partial charge in [-0.2, -0.15) is 0 Å². The van der Waals surface area contributed by atoms with Crippen LogP contribution in [0.1, 0.15) is 15.9 Å². The Morgan fingerprint density at radius 2 is 1.57 bits per heavy atom. The third-order valence-corrected chi connectivity index (χ3v) is 4.21. The van der Waals surface area contributed by atoms with Crippen LogP contribution in [0.3, 0.4) is 0 Å². The van der Waals surface area contributed by atoms with Crippen LogP contribution in [-0.4, -0.2) is 38.3 Å². The van der Waals surface area contributed by atoms with E-state index in [1.807, 2.05) is 0 Å². The number of hydrogen-bond donors (Lipinski definition) is 3. The average molecular weight is 450 g/mol. The Kier molecular flexibility index (Phi) is 8.45. The topological polar surface area (TPSA) is 97.9 Å². The summed E-state index contributed by atoms with van der Waals surface area (Å²) in [5.41, 5.74) is 5.87. The number of benzene rings is 2. The highest BCUT2D eigenvalue weighted by molar-refractivity contribution is 7.80. The second-order valence-corrected chi connectivity index (χ2v) is 6.54. The summed E-state index contributed by atoms with van der Waals surface area (Å²) in [6, 6.07) is 9.92. The van der Waals surface area contributed by atoms with Gasteiger partial charge in [0.05, 0.1) is 21.3 Å². The molecule has 0 aromatic heterocycles. The van der Waals surface area contributed by atoms with Crippen LogP contribution >= 0.6 is 23.8 Å². The van der Waals surface area contributed by atoms with Gasteiger partial charge >= 0.3 is 0 Å². The molecule has 2 aromatic carbocycles. The molecule has 2 rings (SSSR count). The Bertz CT molecular complexity index is 938. The highest BCUT2D eigenvalue weighted by Crippen LogP contribution is 2.38. The fraction of sp³-hybridized carbons (Fsp3) is 0.150. The predicted octanol–water partition coefficient (Wildman–Crippen LogP) is 2.71. The molecule has 0 heterocycles. The number of methoxy groups -OCH3 is 3. The van der Waals surface area contributed by atoms with E-state index in [0.29, 0.717) is 22.3 Å². The van der Waals surface area contributed by atoms with Gasteiger partial charge < -0.3 is 14.2 Å². The fourth-order valence-electron chi connectivity index (χ4n) is 2.33. The molecule has 2 aromatic rings. The molecule has 0 unspecified atom stereocenters. The molecule has 0 atom stereocenters. The quantitative estimate of drug-likeness (QED) is 0.354. The molecule has 10 heteroatoms. The monoisotopic (exact) mass is 449 g/mol. The first-order valence-corrected chi connectivity index (χ1v) is 9.31. The smallest absolute Gasteiger partial charge is 0.269 e. The molecular formula is C20H20ClN3O5S. The standard InChI is InChI=1S/C20H20ClN3O5S/c1-27-15-10-13(11-16(28-2)18(15)29-3)19(26)23-24-20(30)22-17(25)9-6-12-4-7-14(21)8-5-12/h4-11H,1-3H3,(H,23,26)(H2,22,24,25,30).